The number of hydrogen-bond donors (Lipinski definition) is 1. The van der Waals surface area contributed by atoms with Crippen molar-refractivity contribution in [1.29, 1.82) is 0 Å². The van der Waals surface area contributed by atoms with Crippen molar-refractivity contribution in [3.05, 3.63) is 0 Å². The molecule has 1 aliphatic heterocycles. The summed E-state index contributed by atoms with van der Waals surface area (Å²) in [4.78, 5) is 0. The van der Waals surface area contributed by atoms with Gasteiger partial charge in [-0.1, -0.05) is 0 Å². The molecule has 0 aliphatic carbocycles. The van der Waals surface area contributed by atoms with Crippen molar-refractivity contribution in [1.82, 2.24) is 5.32 Å². The van der Waals surface area contributed by atoms with Crippen LogP contribution in [-0.2, 0) is 21.5 Å². The Morgan fingerprint density at radius 1 is 1.14 bits per heavy atom. The molecule has 1 rings (SSSR count). The zero-order valence-corrected chi connectivity index (χ0v) is 5.11. The average molecular weight is 146 g/mol. The van der Waals surface area contributed by atoms with E-state index in [-0.39, 0.29) is 16.8 Å². The second-order valence-electron chi connectivity index (χ2n) is 1.36. The van der Waals surface area contributed by atoms with Gasteiger partial charge in [-0.3, -0.25) is 0 Å². The van der Waals surface area contributed by atoms with Crippen LogP contribution in [0.3, 0.4) is 0 Å². The molecule has 0 aromatic rings. The third-order valence-corrected chi connectivity index (χ3v) is 0.846. The SMILES string of the molecule is C1COCCN1.[Co]. The Morgan fingerprint density at radius 2 is 1.71 bits per heavy atom. The van der Waals surface area contributed by atoms with E-state index in [1.807, 2.05) is 0 Å². The van der Waals surface area contributed by atoms with Crippen molar-refractivity contribution in [3.63, 3.8) is 0 Å². The fraction of sp³-hybridized carbons (Fsp3) is 1.00. The van der Waals surface area contributed by atoms with E-state index in [9.17, 15) is 0 Å². The van der Waals surface area contributed by atoms with Gasteiger partial charge in [0.15, 0.2) is 0 Å². The normalized spacial score (nSPS) is 20.6. The summed E-state index contributed by atoms with van der Waals surface area (Å²) in [6.45, 7) is 3.83. The predicted molar refractivity (Wildman–Crippen MR) is 23.7 cm³/mol. The minimum atomic E-state index is 0. The van der Waals surface area contributed by atoms with Gasteiger partial charge in [0.1, 0.15) is 0 Å². The Hall–Kier alpha value is 0.426. The summed E-state index contributed by atoms with van der Waals surface area (Å²) in [6, 6.07) is 0. The Morgan fingerprint density at radius 3 is 1.86 bits per heavy atom. The van der Waals surface area contributed by atoms with Gasteiger partial charge in [0.2, 0.25) is 0 Å². The van der Waals surface area contributed by atoms with Gasteiger partial charge >= 0.3 is 0 Å². The Balaban J connectivity index is 0.000000360. The van der Waals surface area contributed by atoms with Crippen molar-refractivity contribution < 1.29 is 21.5 Å². The summed E-state index contributed by atoms with van der Waals surface area (Å²) in [5.41, 5.74) is 0. The molecule has 7 heavy (non-hydrogen) atoms. The molecule has 0 unspecified atom stereocenters. The van der Waals surface area contributed by atoms with Gasteiger partial charge in [0, 0.05) is 29.9 Å². The molecule has 1 heterocycles. The second kappa shape index (κ2) is 4.58. The largest absolute Gasteiger partial charge is 0.379 e. The first-order valence-electron chi connectivity index (χ1n) is 2.28. The Labute approximate surface area is 53.8 Å². The van der Waals surface area contributed by atoms with E-state index in [1.165, 1.54) is 0 Å². The van der Waals surface area contributed by atoms with Crippen LogP contribution in [-0.4, -0.2) is 26.3 Å². The number of hydrogen-bond acceptors (Lipinski definition) is 2. The van der Waals surface area contributed by atoms with Crippen molar-refractivity contribution in [2.45, 2.75) is 0 Å². The van der Waals surface area contributed by atoms with Crippen molar-refractivity contribution in [3.8, 4) is 0 Å². The molecule has 0 spiro atoms. The smallest absolute Gasteiger partial charge is 0.0591 e. The number of ether oxygens (including phenoxy) is 1. The van der Waals surface area contributed by atoms with Crippen LogP contribution >= 0.6 is 0 Å². The zero-order valence-electron chi connectivity index (χ0n) is 4.07. The standard InChI is InChI=1S/C4H9NO.Co/c1-3-6-4-2-5-1;/h5H,1-4H2;. The van der Waals surface area contributed by atoms with E-state index in [2.05, 4.69) is 5.32 Å². The summed E-state index contributed by atoms with van der Waals surface area (Å²) in [5.74, 6) is 0. The quantitative estimate of drug-likeness (QED) is 0.502. The third-order valence-electron chi connectivity index (χ3n) is 0.846. The van der Waals surface area contributed by atoms with Gasteiger partial charge in [0.05, 0.1) is 13.2 Å². The van der Waals surface area contributed by atoms with Gasteiger partial charge in [-0.05, 0) is 0 Å². The van der Waals surface area contributed by atoms with E-state index in [0.717, 1.165) is 26.3 Å². The molecule has 1 aliphatic rings. The van der Waals surface area contributed by atoms with E-state index < -0.39 is 0 Å². The minimum Gasteiger partial charge on any atom is -0.379 e. The summed E-state index contributed by atoms with van der Waals surface area (Å²) in [6.07, 6.45) is 0. The molecular weight excluding hydrogens is 137 g/mol. The maximum Gasteiger partial charge on any atom is 0.0591 e. The molecule has 0 aromatic heterocycles. The van der Waals surface area contributed by atoms with Crippen LogP contribution in [0, 0.1) is 0 Å². The molecule has 2 nitrogen and oxygen atoms in total. The van der Waals surface area contributed by atoms with Gasteiger partial charge < -0.3 is 10.1 Å². The molecule has 0 aromatic carbocycles. The van der Waals surface area contributed by atoms with Crippen LogP contribution in [0.5, 0.6) is 0 Å². The average Bonchev–Trinajstić information content (AvgIpc) is 1.72. The monoisotopic (exact) mass is 146 g/mol. The molecule has 0 amide bonds. The molecule has 0 saturated carbocycles. The van der Waals surface area contributed by atoms with Crippen molar-refractivity contribution >= 4 is 0 Å². The van der Waals surface area contributed by atoms with E-state index in [4.69, 9.17) is 4.74 Å². The molecule has 1 radical (unpaired) electrons. The third kappa shape index (κ3) is 3.05. The molecular formula is C4H9CoNO. The Kier molecular flexibility index (Phi) is 4.86. The van der Waals surface area contributed by atoms with Crippen LogP contribution in [0.4, 0.5) is 0 Å². The molecule has 0 bridgehead atoms. The van der Waals surface area contributed by atoms with Gasteiger partial charge in [-0.25, -0.2) is 0 Å². The van der Waals surface area contributed by atoms with Crippen molar-refractivity contribution in [2.24, 2.45) is 0 Å². The molecule has 45 valence electrons. The molecule has 1 saturated heterocycles. The molecule has 1 N–H and O–H groups in total. The number of rotatable bonds is 0. The van der Waals surface area contributed by atoms with Crippen LogP contribution in [0.2, 0.25) is 0 Å². The van der Waals surface area contributed by atoms with Gasteiger partial charge in [-0.2, -0.15) is 0 Å². The minimum absolute atomic E-state index is 0. The number of morpholine rings is 1. The molecule has 1 fully saturated rings. The van der Waals surface area contributed by atoms with E-state index in [1.54, 1.807) is 0 Å². The first-order valence-corrected chi connectivity index (χ1v) is 2.28. The first-order chi connectivity index (χ1) is 3.00. The fourth-order valence-corrected chi connectivity index (χ4v) is 0.516. The second-order valence-corrected chi connectivity index (χ2v) is 1.36. The summed E-state index contributed by atoms with van der Waals surface area (Å²) in [7, 11) is 0. The first kappa shape index (κ1) is 7.43. The Bertz CT molecular complexity index is 27.2. The van der Waals surface area contributed by atoms with Crippen LogP contribution in [0.15, 0.2) is 0 Å². The van der Waals surface area contributed by atoms with Crippen molar-refractivity contribution in [2.75, 3.05) is 26.3 Å². The number of nitrogens with one attached hydrogen (secondary N) is 1. The van der Waals surface area contributed by atoms with Gasteiger partial charge in [0.25, 0.3) is 0 Å². The van der Waals surface area contributed by atoms with E-state index >= 15 is 0 Å². The molecule has 3 heteroatoms. The summed E-state index contributed by atoms with van der Waals surface area (Å²) in [5, 5.41) is 3.16. The van der Waals surface area contributed by atoms with Crippen LogP contribution in [0.25, 0.3) is 0 Å². The maximum absolute atomic E-state index is 5.01. The van der Waals surface area contributed by atoms with Crippen LogP contribution in [0.1, 0.15) is 0 Å². The zero-order chi connectivity index (χ0) is 4.24. The van der Waals surface area contributed by atoms with Crippen LogP contribution < -0.4 is 5.32 Å². The van der Waals surface area contributed by atoms with E-state index in [0.29, 0.717) is 0 Å². The van der Waals surface area contributed by atoms with Gasteiger partial charge in [-0.15, -0.1) is 0 Å². The fourth-order valence-electron chi connectivity index (χ4n) is 0.516. The predicted octanol–water partition coefficient (Wildman–Crippen LogP) is -0.396. The topological polar surface area (TPSA) is 21.3 Å². The molecule has 0 atom stereocenters. The maximum atomic E-state index is 5.01. The summed E-state index contributed by atoms with van der Waals surface area (Å²) < 4.78 is 5.01. The summed E-state index contributed by atoms with van der Waals surface area (Å²) >= 11 is 0.